The molecule has 1 atom stereocenters. The summed E-state index contributed by atoms with van der Waals surface area (Å²) in [5.74, 6) is 1.69. The van der Waals surface area contributed by atoms with Gasteiger partial charge < -0.3 is 29.6 Å². The molecule has 3 aromatic rings. The van der Waals surface area contributed by atoms with Crippen molar-refractivity contribution in [3.8, 4) is 23.0 Å². The van der Waals surface area contributed by atoms with Gasteiger partial charge in [-0.05, 0) is 55.5 Å². The van der Waals surface area contributed by atoms with E-state index in [0.29, 0.717) is 39.9 Å². The number of nitrogens with one attached hydrogen (secondary N) is 2. The lowest BCUT2D eigenvalue weighted by Gasteiger charge is -2.15. The molecule has 2 N–H and O–H groups in total. The first-order valence-corrected chi connectivity index (χ1v) is 11.6. The number of amides is 2. The van der Waals surface area contributed by atoms with Gasteiger partial charge in [-0.15, -0.1) is 11.8 Å². The highest BCUT2D eigenvalue weighted by molar-refractivity contribution is 8.00. The number of rotatable bonds is 10. The summed E-state index contributed by atoms with van der Waals surface area (Å²) in [7, 11) is 6.15. The fourth-order valence-corrected chi connectivity index (χ4v) is 4.15. The van der Waals surface area contributed by atoms with Crippen LogP contribution in [0.2, 0.25) is 0 Å². The minimum absolute atomic E-state index is 0.182. The molecule has 0 saturated carbocycles. The Labute approximate surface area is 208 Å². The van der Waals surface area contributed by atoms with Crippen LogP contribution in [0, 0.1) is 0 Å². The van der Waals surface area contributed by atoms with Crippen LogP contribution in [0.1, 0.15) is 17.3 Å². The number of carbonyl (C=O) groups is 2. The smallest absolute Gasteiger partial charge is 0.255 e. The number of benzene rings is 3. The zero-order valence-corrected chi connectivity index (χ0v) is 21.0. The van der Waals surface area contributed by atoms with E-state index in [0.717, 1.165) is 4.90 Å². The van der Waals surface area contributed by atoms with Crippen molar-refractivity contribution in [2.45, 2.75) is 17.1 Å². The van der Waals surface area contributed by atoms with Gasteiger partial charge in [-0.25, -0.2) is 0 Å². The summed E-state index contributed by atoms with van der Waals surface area (Å²) >= 11 is 1.37. The van der Waals surface area contributed by atoms with E-state index in [9.17, 15) is 9.59 Å². The zero-order chi connectivity index (χ0) is 25.4. The summed E-state index contributed by atoms with van der Waals surface area (Å²) in [5.41, 5.74) is 1.60. The van der Waals surface area contributed by atoms with Gasteiger partial charge in [-0.1, -0.05) is 6.07 Å². The van der Waals surface area contributed by atoms with E-state index in [1.54, 1.807) is 49.6 Å². The van der Waals surface area contributed by atoms with Crippen LogP contribution in [0.4, 0.5) is 11.4 Å². The first-order chi connectivity index (χ1) is 16.9. The molecule has 35 heavy (non-hydrogen) atoms. The Bertz CT molecular complexity index is 1200. The van der Waals surface area contributed by atoms with Crippen LogP contribution in [0.5, 0.6) is 23.0 Å². The largest absolute Gasteiger partial charge is 0.497 e. The molecule has 1 unspecified atom stereocenters. The Balaban J connectivity index is 1.66. The van der Waals surface area contributed by atoms with Gasteiger partial charge in [0.25, 0.3) is 5.91 Å². The lowest BCUT2D eigenvalue weighted by Crippen LogP contribution is -2.22. The number of anilines is 2. The van der Waals surface area contributed by atoms with Gasteiger partial charge in [0, 0.05) is 22.2 Å². The van der Waals surface area contributed by atoms with Gasteiger partial charge >= 0.3 is 0 Å². The SMILES string of the molecule is COc1ccc(NC(=O)C(C)Sc2cccc(NC(=O)c3ccc(OC)c(OC)c3)c2)c(OC)c1. The van der Waals surface area contributed by atoms with Crippen molar-refractivity contribution in [3.05, 3.63) is 66.2 Å². The summed E-state index contributed by atoms with van der Waals surface area (Å²) in [6.07, 6.45) is 0. The highest BCUT2D eigenvalue weighted by atomic mass is 32.2. The molecule has 3 aromatic carbocycles. The molecular weight excluding hydrogens is 468 g/mol. The topological polar surface area (TPSA) is 95.1 Å². The Morgan fingerprint density at radius 1 is 0.771 bits per heavy atom. The van der Waals surface area contributed by atoms with Crippen molar-refractivity contribution < 1.29 is 28.5 Å². The molecule has 0 spiro atoms. The molecule has 0 radical (unpaired) electrons. The quantitative estimate of drug-likeness (QED) is 0.378. The molecule has 8 nitrogen and oxygen atoms in total. The van der Waals surface area contributed by atoms with Crippen LogP contribution in [0.15, 0.2) is 65.6 Å². The van der Waals surface area contributed by atoms with E-state index in [1.165, 1.54) is 33.1 Å². The molecule has 9 heteroatoms. The second kappa shape index (κ2) is 12.0. The molecule has 2 amide bonds. The van der Waals surface area contributed by atoms with Crippen LogP contribution in [0.3, 0.4) is 0 Å². The van der Waals surface area contributed by atoms with Crippen LogP contribution in [-0.2, 0) is 4.79 Å². The van der Waals surface area contributed by atoms with E-state index >= 15 is 0 Å². The van der Waals surface area contributed by atoms with Crippen molar-refractivity contribution in [3.63, 3.8) is 0 Å². The monoisotopic (exact) mass is 496 g/mol. The molecule has 0 heterocycles. The maximum absolute atomic E-state index is 12.8. The van der Waals surface area contributed by atoms with E-state index in [1.807, 2.05) is 25.1 Å². The van der Waals surface area contributed by atoms with Crippen molar-refractivity contribution in [1.29, 1.82) is 0 Å². The molecule has 0 bridgehead atoms. The fraction of sp³-hybridized carbons (Fsp3) is 0.231. The molecule has 184 valence electrons. The molecular formula is C26H28N2O6S. The van der Waals surface area contributed by atoms with Gasteiger partial charge in [-0.3, -0.25) is 9.59 Å². The zero-order valence-electron chi connectivity index (χ0n) is 20.2. The van der Waals surface area contributed by atoms with Gasteiger partial charge in [-0.2, -0.15) is 0 Å². The minimum Gasteiger partial charge on any atom is -0.497 e. The van der Waals surface area contributed by atoms with Crippen molar-refractivity contribution in [2.75, 3.05) is 39.1 Å². The lowest BCUT2D eigenvalue weighted by atomic mass is 10.2. The number of methoxy groups -OCH3 is 4. The molecule has 0 aliphatic carbocycles. The predicted octanol–water partition coefficient (Wildman–Crippen LogP) is 5.09. The summed E-state index contributed by atoms with van der Waals surface area (Å²) < 4.78 is 21.0. The maximum atomic E-state index is 12.8. The number of thioether (sulfide) groups is 1. The van der Waals surface area contributed by atoms with Crippen molar-refractivity contribution >= 4 is 35.0 Å². The van der Waals surface area contributed by atoms with Gasteiger partial charge in [0.1, 0.15) is 11.5 Å². The van der Waals surface area contributed by atoms with E-state index in [2.05, 4.69) is 10.6 Å². The van der Waals surface area contributed by atoms with E-state index in [-0.39, 0.29) is 11.8 Å². The maximum Gasteiger partial charge on any atom is 0.255 e. The Morgan fingerprint density at radius 2 is 1.51 bits per heavy atom. The highest BCUT2D eigenvalue weighted by Crippen LogP contribution is 2.32. The Morgan fingerprint density at radius 3 is 2.20 bits per heavy atom. The van der Waals surface area contributed by atoms with Crippen LogP contribution < -0.4 is 29.6 Å². The standard InChI is InChI=1S/C26H28N2O6S/c1-16(25(29)28-21-11-10-19(31-2)15-23(21)33-4)35-20-8-6-7-18(14-20)27-26(30)17-9-12-22(32-3)24(13-17)34-5/h6-16H,1-5H3,(H,27,30)(H,28,29). The first kappa shape index (κ1) is 25.8. The van der Waals surface area contributed by atoms with E-state index in [4.69, 9.17) is 18.9 Å². The summed E-state index contributed by atoms with van der Waals surface area (Å²) in [6, 6.07) is 17.5. The number of ether oxygens (including phenoxy) is 4. The molecule has 0 aliphatic rings. The second-order valence-corrected chi connectivity index (χ2v) is 8.78. The number of hydrogen-bond donors (Lipinski definition) is 2. The van der Waals surface area contributed by atoms with Crippen LogP contribution in [0.25, 0.3) is 0 Å². The normalized spacial score (nSPS) is 11.2. The average molecular weight is 497 g/mol. The third-order valence-corrected chi connectivity index (χ3v) is 6.18. The van der Waals surface area contributed by atoms with Crippen LogP contribution in [-0.4, -0.2) is 45.5 Å². The van der Waals surface area contributed by atoms with Crippen molar-refractivity contribution in [2.24, 2.45) is 0 Å². The first-order valence-electron chi connectivity index (χ1n) is 10.7. The lowest BCUT2D eigenvalue weighted by molar-refractivity contribution is -0.115. The molecule has 0 saturated heterocycles. The third kappa shape index (κ3) is 6.60. The molecule has 0 aliphatic heterocycles. The summed E-state index contributed by atoms with van der Waals surface area (Å²) in [4.78, 5) is 26.4. The molecule has 0 aromatic heterocycles. The Kier molecular flexibility index (Phi) is 8.86. The third-order valence-electron chi connectivity index (χ3n) is 5.09. The average Bonchev–Trinajstić information content (AvgIpc) is 2.88. The van der Waals surface area contributed by atoms with Crippen molar-refractivity contribution in [1.82, 2.24) is 0 Å². The molecule has 0 fully saturated rings. The Hall–Kier alpha value is -3.85. The van der Waals surface area contributed by atoms with Gasteiger partial charge in [0.15, 0.2) is 11.5 Å². The van der Waals surface area contributed by atoms with Crippen LogP contribution >= 0.6 is 11.8 Å². The van der Waals surface area contributed by atoms with Gasteiger partial charge in [0.2, 0.25) is 5.91 Å². The van der Waals surface area contributed by atoms with E-state index < -0.39 is 5.25 Å². The van der Waals surface area contributed by atoms with Gasteiger partial charge in [0.05, 0.1) is 39.4 Å². The number of carbonyl (C=O) groups excluding carboxylic acids is 2. The molecule has 3 rings (SSSR count). The number of hydrogen-bond acceptors (Lipinski definition) is 7. The summed E-state index contributed by atoms with van der Waals surface area (Å²) in [5, 5.41) is 5.36. The second-order valence-electron chi connectivity index (χ2n) is 7.37. The predicted molar refractivity (Wildman–Crippen MR) is 137 cm³/mol. The minimum atomic E-state index is -0.404. The highest BCUT2D eigenvalue weighted by Gasteiger charge is 2.18. The summed E-state index contributed by atoms with van der Waals surface area (Å²) in [6.45, 7) is 1.81. The fourth-order valence-electron chi connectivity index (χ4n) is 3.22.